The van der Waals surface area contributed by atoms with Gasteiger partial charge in [0.05, 0.1) is 139 Å². The molecule has 16 N–H and O–H groups in total. The molecule has 5 aromatic carbocycles. The van der Waals surface area contributed by atoms with Gasteiger partial charge in [-0.3, -0.25) is 52.3 Å². The first-order valence-electron chi connectivity index (χ1n) is 41.6. The van der Waals surface area contributed by atoms with Gasteiger partial charge >= 0.3 is 27.1 Å². The van der Waals surface area contributed by atoms with E-state index in [-0.39, 0.29) is 128 Å². The number of fused-ring (bicyclic) bond motifs is 6. The van der Waals surface area contributed by atoms with E-state index >= 15 is 0 Å². The number of nitro groups is 1. The molecule has 50 heteroatoms. The fourth-order valence-corrected chi connectivity index (χ4v) is 18.5. The number of hydrogen-bond acceptors (Lipinski definition) is 42. The van der Waals surface area contributed by atoms with E-state index in [1.165, 1.54) is 75.5 Å². The molecule has 6 unspecified atom stereocenters. The van der Waals surface area contributed by atoms with Crippen molar-refractivity contribution in [2.45, 2.75) is 153 Å². The number of ether oxygens (including phenoxy) is 9. The second kappa shape index (κ2) is 42.7. The third-order valence-corrected chi connectivity index (χ3v) is 25.0. The number of nitrogens with two attached hydrogens (primary N) is 4. The number of imidazole rings is 4. The lowest BCUT2D eigenvalue weighted by molar-refractivity contribution is -0.384. The number of aromatic amines is 1. The zero-order chi connectivity index (χ0) is 95.4. The largest absolute Gasteiger partial charge is 0.479 e. The first kappa shape index (κ1) is 97.5. The first-order chi connectivity index (χ1) is 63.6. The zero-order valence-corrected chi connectivity index (χ0v) is 75.0. The van der Waals surface area contributed by atoms with Crippen molar-refractivity contribution >= 4 is 123 Å². The van der Waals surface area contributed by atoms with Crippen molar-refractivity contribution in [2.75, 3.05) is 83.0 Å². The number of nitrogens with zero attached hydrogens (tertiary/aromatic N) is 16. The number of esters is 2. The maximum absolute atomic E-state index is 14.2. The van der Waals surface area contributed by atoms with E-state index in [2.05, 4.69) is 59.8 Å². The van der Waals surface area contributed by atoms with Crippen LogP contribution >= 0.6 is 15.2 Å². The fourth-order valence-electron chi connectivity index (χ4n) is 14.7. The molecule has 0 bridgehead atoms. The Hall–Kier alpha value is -13.1. The topological polar surface area (TPSA) is 671 Å². The van der Waals surface area contributed by atoms with Crippen LogP contribution in [-0.2, 0) is 51.7 Å². The second-order valence-electron chi connectivity index (χ2n) is 31.4. The van der Waals surface area contributed by atoms with Gasteiger partial charge in [-0.1, -0.05) is 86.6 Å². The summed E-state index contributed by atoms with van der Waals surface area (Å²) in [6.45, 7) is 9.09. The van der Waals surface area contributed by atoms with Crippen LogP contribution in [-0.4, -0.2) is 252 Å². The summed E-state index contributed by atoms with van der Waals surface area (Å²) in [5.74, 6) is -0.883. The summed E-state index contributed by atoms with van der Waals surface area (Å²) in [4.78, 5) is 94.4. The number of rotatable bonds is 28. The summed E-state index contributed by atoms with van der Waals surface area (Å²) in [5, 5.41) is 81.6. The van der Waals surface area contributed by atoms with Gasteiger partial charge in [-0.25, -0.2) is 29.1 Å². The molecule has 8 aromatic heterocycles. The summed E-state index contributed by atoms with van der Waals surface area (Å²) < 4.78 is 107. The Balaban J connectivity index is 0.000000147. The van der Waals surface area contributed by atoms with Crippen molar-refractivity contribution in [2.24, 2.45) is 11.8 Å². The number of nitrogens with one attached hydrogen (secondary N) is 1. The zero-order valence-electron chi connectivity index (χ0n) is 73.2. The summed E-state index contributed by atoms with van der Waals surface area (Å²) in [5.41, 5.74) is 25.1. The Labute approximate surface area is 755 Å². The number of carbonyl (C=O) groups is 2. The molecule has 4 aliphatic rings. The number of non-ortho nitro benzene ring substituents is 1. The summed E-state index contributed by atoms with van der Waals surface area (Å²) >= 11 is 0. The summed E-state index contributed by atoms with van der Waals surface area (Å²) in [6, 6.07) is 30.8. The van der Waals surface area contributed by atoms with Crippen molar-refractivity contribution in [1.82, 2.24) is 78.1 Å². The van der Waals surface area contributed by atoms with E-state index < -0.39 is 123 Å². The minimum atomic E-state index is -3.98. The van der Waals surface area contributed by atoms with Crippen LogP contribution in [0.2, 0.25) is 0 Å². The molecule has 0 aliphatic carbocycles. The number of hydrogen-bond donors (Lipinski definition) is 12. The lowest BCUT2D eigenvalue weighted by Crippen LogP contribution is -2.28. The predicted octanol–water partition coefficient (Wildman–Crippen LogP) is 6.54. The third kappa shape index (κ3) is 23.0. The normalized spacial score (nSPS) is 21.7. The average molecular weight is 1890 g/mol. The highest BCUT2D eigenvalue weighted by Gasteiger charge is 2.43. The van der Waals surface area contributed by atoms with Gasteiger partial charge in [0, 0.05) is 48.6 Å². The van der Waals surface area contributed by atoms with Crippen LogP contribution in [0.25, 0.3) is 66.2 Å². The van der Waals surface area contributed by atoms with Gasteiger partial charge in [0.25, 0.3) is 11.2 Å². The Morgan fingerprint density at radius 3 is 1.20 bits per heavy atom. The van der Waals surface area contributed by atoms with E-state index in [0.29, 0.717) is 57.8 Å². The predicted molar refractivity (Wildman–Crippen MR) is 475 cm³/mol. The highest BCUT2D eigenvalue weighted by atomic mass is 31.2. The molecule has 0 saturated carbocycles. The van der Waals surface area contributed by atoms with Gasteiger partial charge in [-0.15, -0.1) is 0 Å². The van der Waals surface area contributed by atoms with E-state index in [1.807, 2.05) is 60.7 Å². The number of aliphatic hydroxyl groups excluding tert-OH is 7. The molecular weight excluding hydrogens is 1780 g/mol. The van der Waals surface area contributed by atoms with Gasteiger partial charge in [-0.05, 0) is 62.7 Å². The minimum absolute atomic E-state index is 0.00355. The maximum Gasteiger partial charge on any atom is 0.431 e. The van der Waals surface area contributed by atoms with E-state index in [4.69, 9.17) is 99.0 Å². The van der Waals surface area contributed by atoms with E-state index in [9.17, 15) is 54.1 Å². The van der Waals surface area contributed by atoms with Crippen molar-refractivity contribution in [1.29, 1.82) is 0 Å². The number of nitro benzene ring substituents is 1. The van der Waals surface area contributed by atoms with Gasteiger partial charge in [0.15, 0.2) is 44.7 Å². The molecule has 0 amide bonds. The number of nitrogen functional groups attached to an aromatic ring is 4. The highest BCUT2D eigenvalue weighted by molar-refractivity contribution is 7.55. The van der Waals surface area contributed by atoms with Gasteiger partial charge in [0.2, 0.25) is 41.4 Å². The lowest BCUT2D eigenvalue weighted by Gasteiger charge is -2.25. The standard InChI is InChI=1S/C28H34N5O8P.C23H24NO7P.2C11H15N5O4.C10H13N5O4/c1-16(2)39-27(35)17(3)14-42(36,41-21-11-7-9-18-8-5-6-10-19(18)21)38-13-22-20(34)12-23(40-22)33-15-30-24-25(33)31-28(29)32-26(24)37-4;1-16(2)29-23(25)17(3)15-32(28,30-20-13-11-19(12-14-20)24(26)27)31-22-10-6-8-18-7-4-5-9-21(18)22;2*1-19-10-8-9(14-11(12)15-10)16(4-13-8)7-2-5(18)6(3-17)20-7;11-10-13-8-7(9(18)14-10)12-3-15(8)6-1-4(17)5(2-16)19-6/h5-11,15-17,20,22-23,34H,12-14H2,1-4H3,(H2,29,31,32);4-14,16-17H,15H2,1-3H3;2*4-7,17-18H,2-3H2,1H3,(H2,12,14,15);3-6,16-17H,1-2H2,(H3,11,13,14,18)/t17-,20?,22-,23-,42?;17-,32?;2*5?,6-,7-;4?,5-,6-/m11111/s1. The van der Waals surface area contributed by atoms with Crippen LogP contribution in [0, 0.1) is 22.0 Å². The molecule has 710 valence electrons. The molecule has 0 spiro atoms. The average Bonchev–Trinajstić information content (AvgIpc) is 1.68. The van der Waals surface area contributed by atoms with Gasteiger partial charge in [0.1, 0.15) is 66.6 Å². The molecule has 4 fully saturated rings. The number of methoxy groups -OCH3 is 3. The number of aliphatic hydroxyl groups is 7. The first-order valence-corrected chi connectivity index (χ1v) is 45.1. The number of H-pyrrole nitrogens is 1. The fraction of sp³-hybridized carbons (Fsp3) is 0.422. The van der Waals surface area contributed by atoms with Gasteiger partial charge in [-0.2, -0.15) is 34.9 Å². The molecule has 4 saturated heterocycles. The molecule has 0 radical (unpaired) electrons. The number of benzene rings is 5. The quantitative estimate of drug-likeness (QED) is 0.0107. The summed E-state index contributed by atoms with van der Waals surface area (Å²) in [7, 11) is -3.52. The SMILES string of the molecule is CC(C)OC(=O)[C@H](C)CP(=O)(Oc1ccc([N+](=O)[O-])cc1)Oc1cccc2ccccc12.COc1nc(N)nc2c1ncn2[C@H]1CC(O)[C@@H](CO)O1.COc1nc(N)nc2c1ncn2[C@H]1CC(O)[C@@H](CO)O1.COc1nc(N)nc2c1ncn2[C@H]1CC(O)[C@@H](COP(=O)(C[C@@H](C)C(=O)OC(C)C)Oc2cccc3ccccc23)O1.Nc1nc2c(ncn2[C@H]2CC(O)[C@@H](CO)O2)c(=O)[nH]1. The van der Waals surface area contributed by atoms with Crippen LogP contribution in [0.5, 0.6) is 34.9 Å². The molecule has 4 aliphatic heterocycles. The molecule has 48 nitrogen and oxygen atoms in total. The number of anilines is 4. The summed E-state index contributed by atoms with van der Waals surface area (Å²) in [6.07, 6.45) is -2.13. The Kier molecular flexibility index (Phi) is 31.3. The maximum atomic E-state index is 14.2. The molecule has 17 rings (SSSR count). The Bertz CT molecular complexity index is 6310. The van der Waals surface area contributed by atoms with Gasteiger partial charge < -0.3 is 115 Å². The Morgan fingerprint density at radius 2 is 0.827 bits per heavy atom. The van der Waals surface area contributed by atoms with Crippen molar-refractivity contribution in [3.05, 3.63) is 155 Å². The van der Waals surface area contributed by atoms with Crippen LogP contribution < -0.4 is 56.3 Å². The van der Waals surface area contributed by atoms with Crippen LogP contribution in [0.15, 0.2) is 139 Å². The molecular formula is C83H101N21O27P2. The third-order valence-electron chi connectivity index (χ3n) is 21.1. The van der Waals surface area contributed by atoms with E-state index in [1.54, 1.807) is 79.5 Å². The van der Waals surface area contributed by atoms with Crippen LogP contribution in [0.4, 0.5) is 29.5 Å². The van der Waals surface area contributed by atoms with Crippen molar-refractivity contribution in [3.8, 4) is 34.9 Å². The van der Waals surface area contributed by atoms with Crippen molar-refractivity contribution in [3.63, 3.8) is 0 Å². The van der Waals surface area contributed by atoms with Crippen LogP contribution in [0.1, 0.15) is 92.1 Å². The molecule has 133 heavy (non-hydrogen) atoms. The molecule has 12 heterocycles. The monoisotopic (exact) mass is 1890 g/mol. The second-order valence-corrected chi connectivity index (χ2v) is 35.4. The smallest absolute Gasteiger partial charge is 0.431 e. The lowest BCUT2D eigenvalue weighted by atomic mass is 10.1. The highest BCUT2D eigenvalue weighted by Crippen LogP contribution is 2.54. The molecule has 13 aromatic rings. The van der Waals surface area contributed by atoms with Crippen molar-refractivity contribution < 1.29 is 120 Å². The molecule has 16 atom stereocenters. The minimum Gasteiger partial charge on any atom is -0.479 e. The number of aromatic nitrogens is 16. The number of carbonyl (C=O) groups excluding carboxylic acids is 2. The van der Waals surface area contributed by atoms with E-state index in [0.717, 1.165) is 21.5 Å². The van der Waals surface area contributed by atoms with Crippen LogP contribution in [0.3, 0.4) is 0 Å². The Morgan fingerprint density at radius 1 is 0.481 bits per heavy atom.